The minimum atomic E-state index is -1.10. The van der Waals surface area contributed by atoms with Gasteiger partial charge >= 0.3 is 5.97 Å². The molecular weight excluding hydrogens is 360 g/mol. The SMILES string of the molecule is Cc1coc(CC(=O)O)c1C(=O)NC1CCN(c2cccc(Cl)c2)C1=O. The van der Waals surface area contributed by atoms with E-state index in [2.05, 4.69) is 5.32 Å². The average molecular weight is 377 g/mol. The molecular formula is C18H17ClN2O5. The lowest BCUT2D eigenvalue weighted by atomic mass is 10.1. The summed E-state index contributed by atoms with van der Waals surface area (Å²) in [6.07, 6.45) is 1.38. The summed E-state index contributed by atoms with van der Waals surface area (Å²) in [5, 5.41) is 12.1. The van der Waals surface area contributed by atoms with E-state index >= 15 is 0 Å². The van der Waals surface area contributed by atoms with Gasteiger partial charge in [0.25, 0.3) is 5.91 Å². The third-order valence-electron chi connectivity index (χ3n) is 4.22. The predicted molar refractivity (Wildman–Crippen MR) is 94.5 cm³/mol. The molecule has 1 unspecified atom stereocenters. The summed E-state index contributed by atoms with van der Waals surface area (Å²) in [6, 6.07) is 6.25. The molecule has 0 aliphatic carbocycles. The zero-order chi connectivity index (χ0) is 18.8. The van der Waals surface area contributed by atoms with Gasteiger partial charge in [0, 0.05) is 22.8 Å². The van der Waals surface area contributed by atoms with Crippen molar-refractivity contribution in [3.63, 3.8) is 0 Å². The van der Waals surface area contributed by atoms with Crippen LogP contribution in [0.25, 0.3) is 0 Å². The molecule has 3 rings (SSSR count). The van der Waals surface area contributed by atoms with E-state index in [1.807, 2.05) is 0 Å². The van der Waals surface area contributed by atoms with Crippen molar-refractivity contribution >= 4 is 35.1 Å². The first-order valence-corrected chi connectivity index (χ1v) is 8.41. The van der Waals surface area contributed by atoms with Crippen molar-refractivity contribution in [3.8, 4) is 0 Å². The number of carboxylic acid groups (broad SMARTS) is 1. The second kappa shape index (κ2) is 7.21. The Balaban J connectivity index is 1.74. The summed E-state index contributed by atoms with van der Waals surface area (Å²) < 4.78 is 5.17. The van der Waals surface area contributed by atoms with E-state index in [1.54, 1.807) is 36.1 Å². The van der Waals surface area contributed by atoms with E-state index in [0.717, 1.165) is 0 Å². The molecule has 2 N–H and O–H groups in total. The fourth-order valence-corrected chi connectivity index (χ4v) is 3.20. The maximum atomic E-state index is 12.6. The maximum absolute atomic E-state index is 12.6. The van der Waals surface area contributed by atoms with Crippen LogP contribution in [-0.2, 0) is 16.0 Å². The topological polar surface area (TPSA) is 99.8 Å². The van der Waals surface area contributed by atoms with E-state index in [-0.39, 0.29) is 17.2 Å². The van der Waals surface area contributed by atoms with Crippen LogP contribution in [0.4, 0.5) is 5.69 Å². The first-order valence-electron chi connectivity index (χ1n) is 8.03. The van der Waals surface area contributed by atoms with Gasteiger partial charge in [0.05, 0.1) is 11.8 Å². The summed E-state index contributed by atoms with van der Waals surface area (Å²) in [5.41, 5.74) is 1.36. The van der Waals surface area contributed by atoms with Crippen LogP contribution in [0.2, 0.25) is 5.02 Å². The van der Waals surface area contributed by atoms with Crippen molar-refractivity contribution in [1.29, 1.82) is 0 Å². The Labute approximate surface area is 154 Å². The van der Waals surface area contributed by atoms with Gasteiger partial charge in [-0.3, -0.25) is 14.4 Å². The van der Waals surface area contributed by atoms with Gasteiger partial charge in [-0.25, -0.2) is 0 Å². The van der Waals surface area contributed by atoms with E-state index in [1.165, 1.54) is 6.26 Å². The number of hydrogen-bond acceptors (Lipinski definition) is 4. The highest BCUT2D eigenvalue weighted by Gasteiger charge is 2.35. The molecule has 2 aromatic rings. The molecule has 1 aliphatic heterocycles. The van der Waals surface area contributed by atoms with Gasteiger partial charge in [0.15, 0.2) is 0 Å². The molecule has 1 fully saturated rings. The number of aliphatic carboxylic acids is 1. The molecule has 1 saturated heterocycles. The Morgan fingerprint density at radius 2 is 2.19 bits per heavy atom. The van der Waals surface area contributed by atoms with E-state index in [4.69, 9.17) is 21.1 Å². The molecule has 136 valence electrons. The maximum Gasteiger partial charge on any atom is 0.311 e. The number of halogens is 1. The smallest absolute Gasteiger partial charge is 0.311 e. The van der Waals surface area contributed by atoms with Crippen molar-refractivity contribution in [2.24, 2.45) is 0 Å². The van der Waals surface area contributed by atoms with Crippen molar-refractivity contribution in [2.75, 3.05) is 11.4 Å². The second-order valence-electron chi connectivity index (χ2n) is 6.07. The van der Waals surface area contributed by atoms with Crippen LogP contribution in [0.1, 0.15) is 28.1 Å². The minimum absolute atomic E-state index is 0.0737. The molecule has 0 spiro atoms. The first kappa shape index (κ1) is 18.0. The summed E-state index contributed by atoms with van der Waals surface area (Å²) in [5.74, 6) is -1.78. The number of amides is 2. The van der Waals surface area contributed by atoms with Crippen LogP contribution in [0.3, 0.4) is 0 Å². The third-order valence-corrected chi connectivity index (χ3v) is 4.46. The summed E-state index contributed by atoms with van der Waals surface area (Å²) >= 11 is 5.97. The van der Waals surface area contributed by atoms with Crippen LogP contribution in [-0.4, -0.2) is 35.5 Å². The van der Waals surface area contributed by atoms with Gasteiger partial charge in [-0.2, -0.15) is 0 Å². The van der Waals surface area contributed by atoms with Crippen LogP contribution in [0.5, 0.6) is 0 Å². The quantitative estimate of drug-likeness (QED) is 0.834. The molecule has 7 nitrogen and oxygen atoms in total. The number of furan rings is 1. The standard InChI is InChI=1S/C18H17ClN2O5/c1-10-9-26-14(8-15(22)23)16(10)17(24)20-13-5-6-21(18(13)25)12-4-2-3-11(19)7-12/h2-4,7,9,13H,5-6,8H2,1H3,(H,20,24)(H,22,23). The average Bonchev–Trinajstić information content (AvgIpc) is 3.10. The monoisotopic (exact) mass is 376 g/mol. The van der Waals surface area contributed by atoms with Crippen LogP contribution >= 0.6 is 11.6 Å². The minimum Gasteiger partial charge on any atom is -0.481 e. The fraction of sp³-hybridized carbons (Fsp3) is 0.278. The van der Waals surface area contributed by atoms with E-state index in [9.17, 15) is 14.4 Å². The van der Waals surface area contributed by atoms with Gasteiger partial charge in [-0.05, 0) is 31.5 Å². The van der Waals surface area contributed by atoms with Gasteiger partial charge in [0.2, 0.25) is 5.91 Å². The third kappa shape index (κ3) is 3.57. The molecule has 1 aromatic carbocycles. The lowest BCUT2D eigenvalue weighted by Gasteiger charge is -2.17. The zero-order valence-electron chi connectivity index (χ0n) is 14.0. The van der Waals surface area contributed by atoms with E-state index < -0.39 is 24.3 Å². The predicted octanol–water partition coefficient (Wildman–Crippen LogP) is 2.40. The number of hydrogen-bond donors (Lipinski definition) is 2. The van der Waals surface area contributed by atoms with Gasteiger partial charge in [-0.15, -0.1) is 0 Å². The normalized spacial score (nSPS) is 16.8. The number of carbonyl (C=O) groups is 3. The number of rotatable bonds is 5. The number of anilines is 1. The lowest BCUT2D eigenvalue weighted by Crippen LogP contribution is -2.42. The summed E-state index contributed by atoms with van der Waals surface area (Å²) in [4.78, 5) is 37.7. The molecule has 1 aliphatic rings. The molecule has 1 aromatic heterocycles. The van der Waals surface area contributed by atoms with Crippen molar-refractivity contribution in [2.45, 2.75) is 25.8 Å². The largest absolute Gasteiger partial charge is 0.481 e. The Hall–Kier alpha value is -2.80. The number of carboxylic acids is 1. The number of aryl methyl sites for hydroxylation is 1. The molecule has 2 amide bonds. The molecule has 0 bridgehead atoms. The molecule has 0 saturated carbocycles. The molecule has 26 heavy (non-hydrogen) atoms. The van der Waals surface area contributed by atoms with Crippen molar-refractivity contribution in [1.82, 2.24) is 5.32 Å². The number of nitrogens with zero attached hydrogens (tertiary/aromatic N) is 1. The number of nitrogens with one attached hydrogen (secondary N) is 1. The van der Waals surface area contributed by atoms with Gasteiger partial charge in [0.1, 0.15) is 18.2 Å². The highest BCUT2D eigenvalue weighted by molar-refractivity contribution is 6.31. The summed E-state index contributed by atoms with van der Waals surface area (Å²) in [6.45, 7) is 2.11. The van der Waals surface area contributed by atoms with Gasteiger partial charge < -0.3 is 19.7 Å². The summed E-state index contributed by atoms with van der Waals surface area (Å²) in [7, 11) is 0. The Kier molecular flexibility index (Phi) is 4.99. The highest BCUT2D eigenvalue weighted by Crippen LogP contribution is 2.25. The fourth-order valence-electron chi connectivity index (χ4n) is 3.02. The number of benzene rings is 1. The van der Waals surface area contributed by atoms with Crippen molar-refractivity contribution in [3.05, 3.63) is 52.4 Å². The lowest BCUT2D eigenvalue weighted by molar-refractivity contribution is -0.136. The van der Waals surface area contributed by atoms with Crippen LogP contribution < -0.4 is 10.2 Å². The highest BCUT2D eigenvalue weighted by atomic mass is 35.5. The Morgan fingerprint density at radius 3 is 2.88 bits per heavy atom. The first-order chi connectivity index (χ1) is 12.4. The molecule has 8 heteroatoms. The van der Waals surface area contributed by atoms with E-state index in [0.29, 0.717) is 29.2 Å². The second-order valence-corrected chi connectivity index (χ2v) is 6.51. The number of carbonyl (C=O) groups excluding carboxylic acids is 2. The van der Waals surface area contributed by atoms with Crippen LogP contribution in [0, 0.1) is 6.92 Å². The molecule has 0 radical (unpaired) electrons. The Morgan fingerprint density at radius 1 is 1.42 bits per heavy atom. The molecule has 2 heterocycles. The van der Waals surface area contributed by atoms with Crippen molar-refractivity contribution < 1.29 is 23.9 Å². The zero-order valence-corrected chi connectivity index (χ0v) is 14.7. The Bertz CT molecular complexity index is 876. The van der Waals surface area contributed by atoms with Gasteiger partial charge in [-0.1, -0.05) is 17.7 Å². The molecule has 1 atom stereocenters. The van der Waals surface area contributed by atoms with Crippen LogP contribution in [0.15, 0.2) is 34.9 Å².